The molecular formula is C13H14BrNO2. The third-order valence-corrected chi connectivity index (χ3v) is 3.58. The average molecular weight is 296 g/mol. The van der Waals surface area contributed by atoms with Gasteiger partial charge in [0.25, 0.3) is 0 Å². The summed E-state index contributed by atoms with van der Waals surface area (Å²) in [6.45, 7) is 2.93. The SMILES string of the molecule is CCn1c(CCC(=O)O)cc2c(Br)cccc21. The number of aliphatic carboxylic acids is 1. The molecule has 0 spiro atoms. The number of aromatic nitrogens is 1. The highest BCUT2D eigenvalue weighted by molar-refractivity contribution is 9.10. The molecule has 3 nitrogen and oxygen atoms in total. The van der Waals surface area contributed by atoms with Crippen LogP contribution in [0.5, 0.6) is 0 Å². The number of hydrogen-bond acceptors (Lipinski definition) is 1. The second kappa shape index (κ2) is 4.92. The molecule has 0 radical (unpaired) electrons. The van der Waals surface area contributed by atoms with Crippen molar-refractivity contribution in [3.63, 3.8) is 0 Å². The smallest absolute Gasteiger partial charge is 0.303 e. The summed E-state index contributed by atoms with van der Waals surface area (Å²) >= 11 is 3.52. The van der Waals surface area contributed by atoms with Crippen molar-refractivity contribution >= 4 is 32.8 Å². The number of rotatable bonds is 4. The summed E-state index contributed by atoms with van der Waals surface area (Å²) in [7, 11) is 0. The normalized spacial score (nSPS) is 10.9. The number of carboxylic acid groups (broad SMARTS) is 1. The fraction of sp³-hybridized carbons (Fsp3) is 0.308. The molecule has 1 heterocycles. The van der Waals surface area contributed by atoms with Gasteiger partial charge in [0.1, 0.15) is 0 Å². The van der Waals surface area contributed by atoms with E-state index in [2.05, 4.69) is 39.6 Å². The fourth-order valence-corrected chi connectivity index (χ4v) is 2.59. The van der Waals surface area contributed by atoms with Crippen molar-refractivity contribution in [2.24, 2.45) is 0 Å². The van der Waals surface area contributed by atoms with E-state index in [1.807, 2.05) is 12.1 Å². The molecule has 0 unspecified atom stereocenters. The summed E-state index contributed by atoms with van der Waals surface area (Å²) in [5, 5.41) is 9.90. The van der Waals surface area contributed by atoms with Crippen LogP contribution in [0.15, 0.2) is 28.7 Å². The topological polar surface area (TPSA) is 42.2 Å². The summed E-state index contributed by atoms with van der Waals surface area (Å²) in [6.07, 6.45) is 0.748. The van der Waals surface area contributed by atoms with Gasteiger partial charge in [0.05, 0.1) is 6.42 Å². The molecule has 90 valence electrons. The lowest BCUT2D eigenvalue weighted by Crippen LogP contribution is -2.04. The first-order valence-electron chi connectivity index (χ1n) is 5.62. The van der Waals surface area contributed by atoms with Crippen LogP contribution in [0.25, 0.3) is 10.9 Å². The summed E-state index contributed by atoms with van der Waals surface area (Å²) in [5.74, 6) is -0.753. The monoisotopic (exact) mass is 295 g/mol. The van der Waals surface area contributed by atoms with Crippen LogP contribution in [0.3, 0.4) is 0 Å². The number of carboxylic acids is 1. The van der Waals surface area contributed by atoms with Gasteiger partial charge in [-0.05, 0) is 31.5 Å². The molecule has 2 rings (SSSR count). The Morgan fingerprint density at radius 1 is 1.47 bits per heavy atom. The van der Waals surface area contributed by atoms with Crippen molar-refractivity contribution in [3.05, 3.63) is 34.4 Å². The van der Waals surface area contributed by atoms with Gasteiger partial charge in [-0.1, -0.05) is 22.0 Å². The Labute approximate surface area is 108 Å². The minimum Gasteiger partial charge on any atom is -0.481 e. The zero-order chi connectivity index (χ0) is 12.4. The van der Waals surface area contributed by atoms with Crippen LogP contribution in [0, 0.1) is 0 Å². The molecule has 1 aromatic heterocycles. The number of halogens is 1. The number of aryl methyl sites for hydroxylation is 2. The predicted octanol–water partition coefficient (Wildman–Crippen LogP) is 3.44. The molecule has 0 fully saturated rings. The maximum atomic E-state index is 10.6. The van der Waals surface area contributed by atoms with Crippen molar-refractivity contribution in [1.29, 1.82) is 0 Å². The molecule has 0 aliphatic carbocycles. The number of benzene rings is 1. The molecule has 0 atom stereocenters. The van der Waals surface area contributed by atoms with Crippen LogP contribution in [0.2, 0.25) is 0 Å². The van der Waals surface area contributed by atoms with Gasteiger partial charge in [0, 0.05) is 27.6 Å². The van der Waals surface area contributed by atoms with Crippen molar-refractivity contribution < 1.29 is 9.90 Å². The largest absolute Gasteiger partial charge is 0.481 e. The molecule has 1 N–H and O–H groups in total. The van der Waals surface area contributed by atoms with Gasteiger partial charge in [0.2, 0.25) is 0 Å². The molecule has 4 heteroatoms. The quantitative estimate of drug-likeness (QED) is 0.939. The predicted molar refractivity (Wildman–Crippen MR) is 71.3 cm³/mol. The molecule has 0 saturated carbocycles. The second-order valence-electron chi connectivity index (χ2n) is 3.95. The molecule has 17 heavy (non-hydrogen) atoms. The Kier molecular flexibility index (Phi) is 3.52. The van der Waals surface area contributed by atoms with Crippen molar-refractivity contribution in [1.82, 2.24) is 4.57 Å². The van der Waals surface area contributed by atoms with Gasteiger partial charge >= 0.3 is 5.97 Å². The zero-order valence-corrected chi connectivity index (χ0v) is 11.2. The molecule has 0 bridgehead atoms. The molecule has 1 aromatic carbocycles. The van der Waals surface area contributed by atoms with E-state index in [1.54, 1.807) is 0 Å². The van der Waals surface area contributed by atoms with E-state index >= 15 is 0 Å². The lowest BCUT2D eigenvalue weighted by atomic mass is 10.2. The molecule has 0 saturated heterocycles. The van der Waals surface area contributed by atoms with Gasteiger partial charge in [-0.2, -0.15) is 0 Å². The summed E-state index contributed by atoms with van der Waals surface area (Å²) < 4.78 is 3.22. The lowest BCUT2D eigenvalue weighted by Gasteiger charge is -2.06. The van der Waals surface area contributed by atoms with E-state index in [0.29, 0.717) is 6.42 Å². The third-order valence-electron chi connectivity index (χ3n) is 2.89. The zero-order valence-electron chi connectivity index (χ0n) is 9.61. The summed E-state index contributed by atoms with van der Waals surface area (Å²) in [5.41, 5.74) is 2.24. The number of hydrogen-bond donors (Lipinski definition) is 1. The van der Waals surface area contributed by atoms with Gasteiger partial charge in [0.15, 0.2) is 0 Å². The van der Waals surface area contributed by atoms with Gasteiger partial charge in [-0.15, -0.1) is 0 Å². The Hall–Kier alpha value is -1.29. The van der Waals surface area contributed by atoms with Gasteiger partial charge < -0.3 is 9.67 Å². The fourth-order valence-electron chi connectivity index (χ4n) is 2.12. The number of nitrogens with zero attached hydrogens (tertiary/aromatic N) is 1. The Morgan fingerprint density at radius 2 is 2.24 bits per heavy atom. The van der Waals surface area contributed by atoms with Crippen LogP contribution < -0.4 is 0 Å². The molecule has 0 aliphatic rings. The second-order valence-corrected chi connectivity index (χ2v) is 4.80. The Balaban J connectivity index is 2.48. The highest BCUT2D eigenvalue weighted by Gasteiger charge is 2.10. The minimum atomic E-state index is -0.753. The van der Waals surface area contributed by atoms with Crippen molar-refractivity contribution in [3.8, 4) is 0 Å². The number of carbonyl (C=O) groups is 1. The van der Waals surface area contributed by atoms with E-state index in [1.165, 1.54) is 0 Å². The van der Waals surface area contributed by atoms with Crippen LogP contribution in [-0.4, -0.2) is 15.6 Å². The average Bonchev–Trinajstić information content (AvgIpc) is 2.65. The lowest BCUT2D eigenvalue weighted by molar-refractivity contribution is -0.136. The Bertz CT molecular complexity index is 560. The summed E-state index contributed by atoms with van der Waals surface area (Å²) in [6, 6.07) is 8.14. The van der Waals surface area contributed by atoms with E-state index in [9.17, 15) is 4.79 Å². The molecule has 0 aliphatic heterocycles. The van der Waals surface area contributed by atoms with Gasteiger partial charge in [-0.25, -0.2) is 0 Å². The first-order valence-corrected chi connectivity index (χ1v) is 6.41. The van der Waals surface area contributed by atoms with Crippen LogP contribution in [-0.2, 0) is 17.8 Å². The molecular weight excluding hydrogens is 282 g/mol. The van der Waals surface area contributed by atoms with Gasteiger partial charge in [-0.3, -0.25) is 4.79 Å². The maximum absolute atomic E-state index is 10.6. The maximum Gasteiger partial charge on any atom is 0.303 e. The van der Waals surface area contributed by atoms with E-state index < -0.39 is 5.97 Å². The highest BCUT2D eigenvalue weighted by atomic mass is 79.9. The number of fused-ring (bicyclic) bond motifs is 1. The third kappa shape index (κ3) is 2.36. The van der Waals surface area contributed by atoms with Crippen LogP contribution in [0.4, 0.5) is 0 Å². The minimum absolute atomic E-state index is 0.175. The van der Waals surface area contributed by atoms with Crippen LogP contribution >= 0.6 is 15.9 Å². The van der Waals surface area contributed by atoms with Crippen molar-refractivity contribution in [2.45, 2.75) is 26.3 Å². The standard InChI is InChI=1S/C13H14BrNO2/c1-2-15-9(6-7-13(16)17)8-10-11(14)4-3-5-12(10)15/h3-5,8H,2,6-7H2,1H3,(H,16,17). The highest BCUT2D eigenvalue weighted by Crippen LogP contribution is 2.27. The molecule has 0 amide bonds. The Morgan fingerprint density at radius 3 is 2.88 bits per heavy atom. The first-order chi connectivity index (χ1) is 8.13. The first kappa shape index (κ1) is 12.2. The van der Waals surface area contributed by atoms with Crippen LogP contribution in [0.1, 0.15) is 19.0 Å². The molecule has 2 aromatic rings. The van der Waals surface area contributed by atoms with E-state index in [4.69, 9.17) is 5.11 Å². The van der Waals surface area contributed by atoms with Crippen molar-refractivity contribution in [2.75, 3.05) is 0 Å². The van der Waals surface area contributed by atoms with E-state index in [-0.39, 0.29) is 6.42 Å². The summed E-state index contributed by atoms with van der Waals surface area (Å²) in [4.78, 5) is 10.6. The van der Waals surface area contributed by atoms with E-state index in [0.717, 1.165) is 27.6 Å².